The first-order chi connectivity index (χ1) is 14.9. The zero-order valence-corrected chi connectivity index (χ0v) is 17.5. The molecule has 0 saturated heterocycles. The lowest BCUT2D eigenvalue weighted by atomic mass is 9.93. The van der Waals surface area contributed by atoms with Gasteiger partial charge in [-0.15, -0.1) is 0 Å². The molecule has 0 atom stereocenters. The van der Waals surface area contributed by atoms with E-state index in [4.69, 9.17) is 24.5 Å². The number of rotatable bonds is 6. The predicted molar refractivity (Wildman–Crippen MR) is 116 cm³/mol. The van der Waals surface area contributed by atoms with Crippen molar-refractivity contribution in [1.29, 1.82) is 0 Å². The van der Waals surface area contributed by atoms with E-state index in [9.17, 15) is 4.79 Å². The normalized spacial score (nSPS) is 13.7. The van der Waals surface area contributed by atoms with Crippen molar-refractivity contribution in [3.8, 4) is 0 Å². The SMILES string of the molecule is CCN1CCC(c2ccccc2)=C(C(=O)OCCc2ccccc2)C1.O=C(O)C(=O)O. The van der Waals surface area contributed by atoms with Gasteiger partial charge in [-0.3, -0.25) is 4.90 Å². The number of benzene rings is 2. The molecule has 0 saturated carbocycles. The van der Waals surface area contributed by atoms with Crippen LogP contribution in [0.1, 0.15) is 24.5 Å². The fraction of sp³-hybridized carbons (Fsp3) is 0.292. The molecule has 31 heavy (non-hydrogen) atoms. The summed E-state index contributed by atoms with van der Waals surface area (Å²) in [7, 11) is 0. The third-order valence-electron chi connectivity index (χ3n) is 4.89. The molecule has 0 aliphatic carbocycles. The fourth-order valence-electron chi connectivity index (χ4n) is 3.23. The van der Waals surface area contributed by atoms with Crippen molar-refractivity contribution in [2.75, 3.05) is 26.2 Å². The Morgan fingerprint density at radius 1 is 0.935 bits per heavy atom. The van der Waals surface area contributed by atoms with Gasteiger partial charge in [-0.25, -0.2) is 14.4 Å². The molecule has 1 aliphatic heterocycles. The fourth-order valence-corrected chi connectivity index (χ4v) is 3.23. The minimum atomic E-state index is -1.82. The van der Waals surface area contributed by atoms with Crippen LogP contribution >= 0.6 is 0 Å². The van der Waals surface area contributed by atoms with Crippen molar-refractivity contribution in [2.24, 2.45) is 0 Å². The van der Waals surface area contributed by atoms with Gasteiger partial charge in [0.2, 0.25) is 0 Å². The Labute approximate surface area is 181 Å². The summed E-state index contributed by atoms with van der Waals surface area (Å²) in [6, 6.07) is 20.3. The van der Waals surface area contributed by atoms with Crippen molar-refractivity contribution in [3.63, 3.8) is 0 Å². The third-order valence-corrected chi connectivity index (χ3v) is 4.89. The quantitative estimate of drug-likeness (QED) is 0.541. The maximum atomic E-state index is 12.7. The van der Waals surface area contributed by atoms with Gasteiger partial charge in [-0.1, -0.05) is 67.6 Å². The van der Waals surface area contributed by atoms with Gasteiger partial charge in [0.1, 0.15) is 0 Å². The highest BCUT2D eigenvalue weighted by atomic mass is 16.5. The molecule has 2 aromatic carbocycles. The summed E-state index contributed by atoms with van der Waals surface area (Å²) in [4.78, 5) is 33.2. The highest BCUT2D eigenvalue weighted by Crippen LogP contribution is 2.28. The first kappa shape index (κ1) is 23.8. The largest absolute Gasteiger partial charge is 0.473 e. The molecular formula is C24H27NO6. The minimum absolute atomic E-state index is 0.173. The summed E-state index contributed by atoms with van der Waals surface area (Å²) in [5.74, 6) is -3.82. The minimum Gasteiger partial charge on any atom is -0.473 e. The Balaban J connectivity index is 0.000000501. The lowest BCUT2D eigenvalue weighted by Gasteiger charge is -2.29. The second kappa shape index (κ2) is 12.3. The van der Waals surface area contributed by atoms with Gasteiger partial charge in [-0.2, -0.15) is 0 Å². The maximum Gasteiger partial charge on any atom is 0.414 e. The van der Waals surface area contributed by atoms with Crippen molar-refractivity contribution in [1.82, 2.24) is 4.90 Å². The lowest BCUT2D eigenvalue weighted by Crippen LogP contribution is -2.34. The van der Waals surface area contributed by atoms with E-state index in [0.717, 1.165) is 42.6 Å². The number of carbonyl (C=O) groups is 3. The van der Waals surface area contributed by atoms with Crippen LogP contribution in [0.2, 0.25) is 0 Å². The van der Waals surface area contributed by atoms with Crippen LogP contribution in [0.15, 0.2) is 66.2 Å². The summed E-state index contributed by atoms with van der Waals surface area (Å²) in [6.07, 6.45) is 1.64. The zero-order chi connectivity index (χ0) is 22.6. The molecule has 0 amide bonds. The van der Waals surface area contributed by atoms with Crippen LogP contribution < -0.4 is 0 Å². The molecule has 0 bridgehead atoms. The number of aliphatic carboxylic acids is 2. The van der Waals surface area contributed by atoms with Gasteiger partial charge in [0.15, 0.2) is 0 Å². The van der Waals surface area contributed by atoms with Crippen molar-refractivity contribution >= 4 is 23.5 Å². The Hall–Kier alpha value is -3.45. The molecule has 1 aliphatic rings. The molecule has 7 heteroatoms. The Morgan fingerprint density at radius 2 is 1.52 bits per heavy atom. The standard InChI is InChI=1S/C22H25NO2.C2H2O4/c1-2-23-15-13-20(19-11-7-4-8-12-19)21(17-23)22(24)25-16-14-18-9-5-3-6-10-18;3-1(4)2(5)6/h3-12H,2,13-17H2,1H3;(H,3,4)(H,5,6). The van der Waals surface area contributed by atoms with Gasteiger partial charge in [0.05, 0.1) is 12.2 Å². The Bertz CT molecular complexity index is 896. The number of likely N-dealkylation sites (N-methyl/N-ethyl adjacent to an activating group) is 1. The zero-order valence-electron chi connectivity index (χ0n) is 17.5. The van der Waals surface area contributed by atoms with E-state index in [-0.39, 0.29) is 5.97 Å². The summed E-state index contributed by atoms with van der Waals surface area (Å²) >= 11 is 0. The molecule has 0 fully saturated rings. The van der Waals surface area contributed by atoms with Crippen molar-refractivity contribution in [2.45, 2.75) is 19.8 Å². The van der Waals surface area contributed by atoms with Crippen LogP contribution in [0.3, 0.4) is 0 Å². The number of carbonyl (C=O) groups excluding carboxylic acids is 1. The molecule has 0 spiro atoms. The molecule has 0 radical (unpaired) electrons. The van der Waals surface area contributed by atoms with Gasteiger partial charge < -0.3 is 14.9 Å². The van der Waals surface area contributed by atoms with Gasteiger partial charge in [0.25, 0.3) is 0 Å². The molecule has 164 valence electrons. The lowest BCUT2D eigenvalue weighted by molar-refractivity contribution is -0.159. The van der Waals surface area contributed by atoms with Crippen LogP contribution in [0.5, 0.6) is 0 Å². The highest BCUT2D eigenvalue weighted by Gasteiger charge is 2.25. The summed E-state index contributed by atoms with van der Waals surface area (Å²) in [5, 5.41) is 14.8. The average molecular weight is 425 g/mol. The Morgan fingerprint density at radius 3 is 2.06 bits per heavy atom. The van der Waals surface area contributed by atoms with Gasteiger partial charge in [0, 0.05) is 19.5 Å². The first-order valence-corrected chi connectivity index (χ1v) is 10.1. The maximum absolute atomic E-state index is 12.7. The second-order valence-corrected chi connectivity index (χ2v) is 6.92. The van der Waals surface area contributed by atoms with E-state index >= 15 is 0 Å². The van der Waals surface area contributed by atoms with E-state index in [1.54, 1.807) is 0 Å². The summed E-state index contributed by atoms with van der Waals surface area (Å²) < 4.78 is 5.61. The number of hydrogen-bond acceptors (Lipinski definition) is 5. The summed E-state index contributed by atoms with van der Waals surface area (Å²) in [6.45, 7) is 5.15. The smallest absolute Gasteiger partial charge is 0.414 e. The van der Waals surface area contributed by atoms with E-state index < -0.39 is 11.9 Å². The molecule has 2 N–H and O–H groups in total. The van der Waals surface area contributed by atoms with Gasteiger partial charge in [-0.05, 0) is 29.7 Å². The number of esters is 1. The van der Waals surface area contributed by atoms with Gasteiger partial charge >= 0.3 is 17.9 Å². The van der Waals surface area contributed by atoms with E-state index in [1.165, 1.54) is 5.56 Å². The number of ether oxygens (including phenoxy) is 1. The predicted octanol–water partition coefficient (Wildman–Crippen LogP) is 3.11. The molecule has 0 unspecified atom stereocenters. The number of hydrogen-bond donors (Lipinski definition) is 2. The Kier molecular flexibility index (Phi) is 9.45. The molecule has 3 rings (SSSR count). The molecule has 1 heterocycles. The molecule has 0 aromatic heterocycles. The van der Waals surface area contributed by atoms with Crippen LogP contribution in [-0.2, 0) is 25.5 Å². The van der Waals surface area contributed by atoms with Crippen LogP contribution in [-0.4, -0.2) is 59.3 Å². The number of nitrogens with zero attached hydrogens (tertiary/aromatic N) is 1. The first-order valence-electron chi connectivity index (χ1n) is 10.1. The topological polar surface area (TPSA) is 104 Å². The third kappa shape index (κ3) is 7.71. The van der Waals surface area contributed by atoms with E-state index in [0.29, 0.717) is 13.2 Å². The van der Waals surface area contributed by atoms with Crippen LogP contribution in [0.4, 0.5) is 0 Å². The van der Waals surface area contributed by atoms with Crippen molar-refractivity contribution < 1.29 is 29.3 Å². The molecule has 2 aromatic rings. The number of carboxylic acid groups (broad SMARTS) is 2. The number of carboxylic acids is 2. The van der Waals surface area contributed by atoms with Crippen molar-refractivity contribution in [3.05, 3.63) is 77.4 Å². The molecule has 7 nitrogen and oxygen atoms in total. The monoisotopic (exact) mass is 425 g/mol. The summed E-state index contributed by atoms with van der Waals surface area (Å²) in [5.41, 5.74) is 4.27. The second-order valence-electron chi connectivity index (χ2n) is 6.92. The van der Waals surface area contributed by atoms with Crippen LogP contribution in [0, 0.1) is 0 Å². The average Bonchev–Trinajstić information content (AvgIpc) is 2.80. The van der Waals surface area contributed by atoms with E-state index in [2.05, 4.69) is 36.1 Å². The van der Waals surface area contributed by atoms with E-state index in [1.807, 2.05) is 36.4 Å². The molecular weight excluding hydrogens is 398 g/mol. The highest BCUT2D eigenvalue weighted by molar-refractivity contribution is 6.27. The van der Waals surface area contributed by atoms with Crippen LogP contribution in [0.25, 0.3) is 5.57 Å².